The molecule has 0 unspecified atom stereocenters. The number of carbonyl (C=O) groups is 1. The molecule has 1 fully saturated rings. The van der Waals surface area contributed by atoms with Gasteiger partial charge in [-0.2, -0.15) is 0 Å². The number of carbonyl (C=O) groups excluding carboxylic acids is 1. The SMILES string of the molecule is C[C@@H]1CNCCN1C(=O)c1cc(F)c(F)cc1I.Cl. The van der Waals surface area contributed by atoms with Crippen LogP contribution in [0.25, 0.3) is 0 Å². The Hall–Kier alpha value is -0.470. The molecule has 0 radical (unpaired) electrons. The Kier molecular flexibility index (Phi) is 5.94. The normalized spacial score (nSPS) is 18.9. The first-order valence-electron chi connectivity index (χ1n) is 5.67. The summed E-state index contributed by atoms with van der Waals surface area (Å²) in [5.41, 5.74) is 0.225. The van der Waals surface area contributed by atoms with Crippen molar-refractivity contribution < 1.29 is 13.6 Å². The highest BCUT2D eigenvalue weighted by atomic mass is 127. The minimum Gasteiger partial charge on any atom is -0.333 e. The number of halogens is 4. The molecular weight excluding hydrogens is 388 g/mol. The molecule has 1 atom stereocenters. The lowest BCUT2D eigenvalue weighted by atomic mass is 10.1. The van der Waals surface area contributed by atoms with E-state index in [1.807, 2.05) is 29.5 Å². The van der Waals surface area contributed by atoms with E-state index in [2.05, 4.69) is 5.32 Å². The zero-order valence-electron chi connectivity index (χ0n) is 10.3. The average Bonchev–Trinajstić information content (AvgIpc) is 2.33. The monoisotopic (exact) mass is 402 g/mol. The minimum absolute atomic E-state index is 0. The predicted molar refractivity (Wildman–Crippen MR) is 79.7 cm³/mol. The quantitative estimate of drug-likeness (QED) is 0.578. The second-order valence-corrected chi connectivity index (χ2v) is 5.46. The van der Waals surface area contributed by atoms with Gasteiger partial charge in [-0.05, 0) is 41.6 Å². The fraction of sp³-hybridized carbons (Fsp3) is 0.417. The van der Waals surface area contributed by atoms with Crippen molar-refractivity contribution in [2.75, 3.05) is 19.6 Å². The Morgan fingerprint density at radius 3 is 2.68 bits per heavy atom. The molecule has 19 heavy (non-hydrogen) atoms. The summed E-state index contributed by atoms with van der Waals surface area (Å²) in [6, 6.07) is 2.08. The molecule has 1 heterocycles. The summed E-state index contributed by atoms with van der Waals surface area (Å²) in [5, 5.41) is 3.18. The van der Waals surface area contributed by atoms with Crippen LogP contribution in [0.2, 0.25) is 0 Å². The number of benzene rings is 1. The Bertz CT molecular complexity index is 487. The number of hydrogen-bond acceptors (Lipinski definition) is 2. The third-order valence-corrected chi connectivity index (χ3v) is 3.90. The molecule has 0 aromatic heterocycles. The summed E-state index contributed by atoms with van der Waals surface area (Å²) < 4.78 is 26.7. The Morgan fingerprint density at radius 1 is 1.42 bits per heavy atom. The summed E-state index contributed by atoms with van der Waals surface area (Å²) in [4.78, 5) is 14.0. The largest absolute Gasteiger partial charge is 0.333 e. The average molecular weight is 403 g/mol. The fourth-order valence-corrected chi connectivity index (χ4v) is 2.64. The van der Waals surface area contributed by atoms with Gasteiger partial charge in [0.15, 0.2) is 11.6 Å². The first kappa shape index (κ1) is 16.6. The van der Waals surface area contributed by atoms with Gasteiger partial charge in [-0.1, -0.05) is 0 Å². The van der Waals surface area contributed by atoms with Gasteiger partial charge in [-0.3, -0.25) is 4.79 Å². The molecule has 1 amide bonds. The fourth-order valence-electron chi connectivity index (χ4n) is 1.98. The molecule has 0 spiro atoms. The van der Waals surface area contributed by atoms with Crippen LogP contribution >= 0.6 is 35.0 Å². The molecule has 1 aromatic carbocycles. The van der Waals surface area contributed by atoms with Crippen LogP contribution in [-0.4, -0.2) is 36.5 Å². The second kappa shape index (κ2) is 6.81. The van der Waals surface area contributed by atoms with E-state index in [9.17, 15) is 13.6 Å². The van der Waals surface area contributed by atoms with Crippen LogP contribution in [0, 0.1) is 15.2 Å². The van der Waals surface area contributed by atoms with Crippen LogP contribution in [0.1, 0.15) is 17.3 Å². The number of rotatable bonds is 1. The lowest BCUT2D eigenvalue weighted by Crippen LogP contribution is -2.52. The van der Waals surface area contributed by atoms with Crippen molar-refractivity contribution in [3.05, 3.63) is 32.9 Å². The molecule has 1 saturated heterocycles. The van der Waals surface area contributed by atoms with Crippen molar-refractivity contribution in [2.24, 2.45) is 0 Å². The highest BCUT2D eigenvalue weighted by Gasteiger charge is 2.26. The lowest BCUT2D eigenvalue weighted by Gasteiger charge is -2.34. The van der Waals surface area contributed by atoms with Crippen molar-refractivity contribution in [3.63, 3.8) is 0 Å². The van der Waals surface area contributed by atoms with Crippen molar-refractivity contribution >= 4 is 40.9 Å². The molecule has 1 N–H and O–H groups in total. The van der Waals surface area contributed by atoms with E-state index >= 15 is 0 Å². The Balaban J connectivity index is 0.00000180. The van der Waals surface area contributed by atoms with Gasteiger partial charge in [0.25, 0.3) is 5.91 Å². The molecule has 106 valence electrons. The highest BCUT2D eigenvalue weighted by Crippen LogP contribution is 2.20. The highest BCUT2D eigenvalue weighted by molar-refractivity contribution is 14.1. The maximum absolute atomic E-state index is 13.2. The molecule has 1 aromatic rings. The second-order valence-electron chi connectivity index (χ2n) is 4.30. The maximum Gasteiger partial charge on any atom is 0.255 e. The molecule has 0 saturated carbocycles. The van der Waals surface area contributed by atoms with Gasteiger partial charge in [0.05, 0.1) is 5.56 Å². The van der Waals surface area contributed by atoms with Crippen LogP contribution in [-0.2, 0) is 0 Å². The van der Waals surface area contributed by atoms with Gasteiger partial charge in [0, 0.05) is 29.2 Å². The smallest absolute Gasteiger partial charge is 0.255 e. The molecule has 2 rings (SSSR count). The molecular formula is C12H14ClF2IN2O. The van der Waals surface area contributed by atoms with Gasteiger partial charge in [0.1, 0.15) is 0 Å². The molecule has 1 aliphatic heterocycles. The zero-order chi connectivity index (χ0) is 13.3. The van der Waals surface area contributed by atoms with E-state index in [0.717, 1.165) is 18.7 Å². The van der Waals surface area contributed by atoms with Gasteiger partial charge in [0.2, 0.25) is 0 Å². The lowest BCUT2D eigenvalue weighted by molar-refractivity contribution is 0.0654. The number of nitrogens with zero attached hydrogens (tertiary/aromatic N) is 1. The van der Waals surface area contributed by atoms with E-state index < -0.39 is 11.6 Å². The number of piperazine rings is 1. The Morgan fingerprint density at radius 2 is 2.05 bits per heavy atom. The standard InChI is InChI=1S/C12H13F2IN2O.ClH/c1-7-6-16-2-3-17(7)12(18)8-4-9(13)10(14)5-11(8)15;/h4-5,7,16H,2-3,6H2,1H3;1H/t7-;/m1./s1. The first-order chi connectivity index (χ1) is 8.50. The van der Waals surface area contributed by atoms with Crippen LogP contribution in [0.4, 0.5) is 8.78 Å². The summed E-state index contributed by atoms with van der Waals surface area (Å²) >= 11 is 1.85. The third-order valence-electron chi connectivity index (χ3n) is 3.00. The molecule has 0 aliphatic carbocycles. The first-order valence-corrected chi connectivity index (χ1v) is 6.75. The summed E-state index contributed by atoms with van der Waals surface area (Å²) in [5.74, 6) is -2.15. The summed E-state index contributed by atoms with van der Waals surface area (Å²) in [6.45, 7) is 3.94. The van der Waals surface area contributed by atoms with Crippen LogP contribution in [0.5, 0.6) is 0 Å². The van der Waals surface area contributed by atoms with Gasteiger partial charge >= 0.3 is 0 Å². The van der Waals surface area contributed by atoms with E-state index in [1.165, 1.54) is 0 Å². The molecule has 1 aliphatic rings. The van der Waals surface area contributed by atoms with Crippen molar-refractivity contribution in [1.82, 2.24) is 10.2 Å². The Labute approximate surface area is 130 Å². The van der Waals surface area contributed by atoms with Crippen LogP contribution in [0.15, 0.2) is 12.1 Å². The van der Waals surface area contributed by atoms with Gasteiger partial charge < -0.3 is 10.2 Å². The number of nitrogens with one attached hydrogen (secondary N) is 1. The van der Waals surface area contributed by atoms with Crippen LogP contribution < -0.4 is 5.32 Å². The molecule has 7 heteroatoms. The zero-order valence-corrected chi connectivity index (χ0v) is 13.2. The van der Waals surface area contributed by atoms with Gasteiger partial charge in [-0.15, -0.1) is 12.4 Å². The molecule has 0 bridgehead atoms. The van der Waals surface area contributed by atoms with Crippen molar-refractivity contribution in [3.8, 4) is 0 Å². The predicted octanol–water partition coefficient (Wildman–Crippen LogP) is 2.43. The topological polar surface area (TPSA) is 32.3 Å². The van der Waals surface area contributed by atoms with E-state index in [0.29, 0.717) is 16.7 Å². The number of hydrogen-bond donors (Lipinski definition) is 1. The number of amides is 1. The minimum atomic E-state index is -0.985. The molecule has 3 nitrogen and oxygen atoms in total. The maximum atomic E-state index is 13.2. The van der Waals surface area contributed by atoms with Crippen molar-refractivity contribution in [2.45, 2.75) is 13.0 Å². The van der Waals surface area contributed by atoms with Gasteiger partial charge in [-0.25, -0.2) is 8.78 Å². The van der Waals surface area contributed by atoms with Crippen molar-refractivity contribution in [1.29, 1.82) is 0 Å². The summed E-state index contributed by atoms with van der Waals surface area (Å²) in [7, 11) is 0. The van der Waals surface area contributed by atoms with Crippen LogP contribution in [0.3, 0.4) is 0 Å². The van der Waals surface area contributed by atoms with E-state index in [4.69, 9.17) is 0 Å². The van der Waals surface area contributed by atoms with E-state index in [-0.39, 0.29) is 29.9 Å². The van der Waals surface area contributed by atoms with E-state index in [1.54, 1.807) is 4.90 Å². The summed E-state index contributed by atoms with van der Waals surface area (Å²) in [6.07, 6.45) is 0. The third kappa shape index (κ3) is 3.55.